The maximum absolute atomic E-state index is 12.8. The molecule has 0 unspecified atom stereocenters. The van der Waals surface area contributed by atoms with Gasteiger partial charge in [-0.3, -0.25) is 4.79 Å². The number of nitrogens with zero attached hydrogens (tertiary/aromatic N) is 2. The standard InChI is InChI=1S/C20H26N2O/c1-4-21(19-13-9-6-10-14-19)16-20(23)22(17(2)3)15-18-11-7-5-8-12-18/h5-14,17H,4,15-16H2,1-3H3. The van der Waals surface area contributed by atoms with Gasteiger partial charge in [0.05, 0.1) is 6.54 Å². The zero-order valence-electron chi connectivity index (χ0n) is 14.3. The molecule has 0 atom stereocenters. The van der Waals surface area contributed by atoms with Gasteiger partial charge in [-0.1, -0.05) is 48.5 Å². The van der Waals surface area contributed by atoms with Crippen molar-refractivity contribution < 1.29 is 4.79 Å². The molecule has 122 valence electrons. The van der Waals surface area contributed by atoms with Gasteiger partial charge in [-0.25, -0.2) is 0 Å². The molecule has 3 nitrogen and oxygen atoms in total. The zero-order chi connectivity index (χ0) is 16.7. The summed E-state index contributed by atoms with van der Waals surface area (Å²) in [7, 11) is 0. The van der Waals surface area contributed by atoms with E-state index in [-0.39, 0.29) is 11.9 Å². The lowest BCUT2D eigenvalue weighted by Crippen LogP contribution is -2.43. The second-order valence-electron chi connectivity index (χ2n) is 5.95. The summed E-state index contributed by atoms with van der Waals surface area (Å²) >= 11 is 0. The Morgan fingerprint density at radius 2 is 1.52 bits per heavy atom. The average Bonchev–Trinajstić information content (AvgIpc) is 2.58. The number of amides is 1. The summed E-state index contributed by atoms with van der Waals surface area (Å²) in [4.78, 5) is 16.9. The minimum absolute atomic E-state index is 0.162. The van der Waals surface area contributed by atoms with Gasteiger partial charge in [-0.05, 0) is 38.5 Å². The third kappa shape index (κ3) is 4.85. The maximum atomic E-state index is 12.8. The number of anilines is 1. The first-order valence-corrected chi connectivity index (χ1v) is 8.25. The second kappa shape index (κ2) is 8.37. The van der Waals surface area contributed by atoms with Crippen LogP contribution in [0.15, 0.2) is 60.7 Å². The number of hydrogen-bond donors (Lipinski definition) is 0. The molecule has 0 fully saturated rings. The predicted octanol–water partition coefficient (Wildman–Crippen LogP) is 3.95. The SMILES string of the molecule is CCN(CC(=O)N(Cc1ccccc1)C(C)C)c1ccccc1. The van der Waals surface area contributed by atoms with E-state index >= 15 is 0 Å². The third-order valence-electron chi connectivity index (χ3n) is 3.97. The van der Waals surface area contributed by atoms with Gasteiger partial charge in [0.15, 0.2) is 0 Å². The number of para-hydroxylation sites is 1. The van der Waals surface area contributed by atoms with Gasteiger partial charge in [-0.15, -0.1) is 0 Å². The van der Waals surface area contributed by atoms with Crippen molar-refractivity contribution in [3.05, 3.63) is 66.2 Å². The Morgan fingerprint density at radius 3 is 2.04 bits per heavy atom. The highest BCUT2D eigenvalue weighted by atomic mass is 16.2. The molecule has 0 N–H and O–H groups in total. The fraction of sp³-hybridized carbons (Fsp3) is 0.350. The number of benzene rings is 2. The summed E-state index contributed by atoms with van der Waals surface area (Å²) in [5.74, 6) is 0.162. The van der Waals surface area contributed by atoms with Crippen LogP contribution in [0.3, 0.4) is 0 Å². The second-order valence-corrected chi connectivity index (χ2v) is 5.95. The van der Waals surface area contributed by atoms with Gasteiger partial charge in [-0.2, -0.15) is 0 Å². The van der Waals surface area contributed by atoms with E-state index in [1.54, 1.807) is 0 Å². The highest BCUT2D eigenvalue weighted by Gasteiger charge is 2.19. The number of carbonyl (C=O) groups is 1. The first-order chi connectivity index (χ1) is 11.1. The van der Waals surface area contributed by atoms with Gasteiger partial charge in [0.1, 0.15) is 0 Å². The average molecular weight is 310 g/mol. The zero-order valence-corrected chi connectivity index (χ0v) is 14.3. The fourth-order valence-electron chi connectivity index (χ4n) is 2.62. The smallest absolute Gasteiger partial charge is 0.242 e. The van der Waals surface area contributed by atoms with Crippen LogP contribution in [0.1, 0.15) is 26.3 Å². The molecule has 2 aromatic rings. The van der Waals surface area contributed by atoms with Gasteiger partial charge < -0.3 is 9.80 Å². The van der Waals surface area contributed by atoms with Gasteiger partial charge in [0.2, 0.25) is 5.91 Å². The fourth-order valence-corrected chi connectivity index (χ4v) is 2.62. The van der Waals surface area contributed by atoms with E-state index in [2.05, 4.69) is 37.8 Å². The largest absolute Gasteiger partial charge is 0.362 e. The van der Waals surface area contributed by atoms with E-state index in [1.165, 1.54) is 0 Å². The van der Waals surface area contributed by atoms with E-state index in [0.717, 1.165) is 17.8 Å². The van der Waals surface area contributed by atoms with Crippen molar-refractivity contribution in [1.29, 1.82) is 0 Å². The summed E-state index contributed by atoms with van der Waals surface area (Å²) in [6, 6.07) is 20.4. The van der Waals surface area contributed by atoms with Crippen molar-refractivity contribution >= 4 is 11.6 Å². The molecule has 0 saturated heterocycles. The first-order valence-electron chi connectivity index (χ1n) is 8.25. The molecule has 0 aliphatic carbocycles. The molecule has 1 amide bonds. The Balaban J connectivity index is 2.08. The molecule has 3 heteroatoms. The Hall–Kier alpha value is -2.29. The van der Waals surface area contributed by atoms with Gasteiger partial charge in [0, 0.05) is 24.8 Å². The van der Waals surface area contributed by atoms with Crippen LogP contribution in [-0.2, 0) is 11.3 Å². The molecular weight excluding hydrogens is 284 g/mol. The van der Waals surface area contributed by atoms with Crippen molar-refractivity contribution in [2.45, 2.75) is 33.4 Å². The number of hydrogen-bond acceptors (Lipinski definition) is 2. The van der Waals surface area contributed by atoms with Gasteiger partial charge >= 0.3 is 0 Å². The summed E-state index contributed by atoms with van der Waals surface area (Å²) in [6.45, 7) is 8.10. The van der Waals surface area contributed by atoms with E-state index in [4.69, 9.17) is 0 Å². The number of carbonyl (C=O) groups excluding carboxylic acids is 1. The summed E-state index contributed by atoms with van der Waals surface area (Å²) in [6.07, 6.45) is 0. The molecule has 0 spiro atoms. The lowest BCUT2D eigenvalue weighted by atomic mass is 10.2. The van der Waals surface area contributed by atoms with Crippen molar-refractivity contribution in [2.24, 2.45) is 0 Å². The van der Waals surface area contributed by atoms with Crippen LogP contribution in [0.4, 0.5) is 5.69 Å². The topological polar surface area (TPSA) is 23.6 Å². The van der Waals surface area contributed by atoms with E-state index in [0.29, 0.717) is 13.1 Å². The molecule has 0 aliphatic rings. The van der Waals surface area contributed by atoms with Crippen molar-refractivity contribution in [3.63, 3.8) is 0 Å². The Morgan fingerprint density at radius 1 is 0.957 bits per heavy atom. The maximum Gasteiger partial charge on any atom is 0.242 e. The Labute approximate surface area is 139 Å². The summed E-state index contributed by atoms with van der Waals surface area (Å²) in [5, 5.41) is 0. The number of rotatable bonds is 7. The van der Waals surface area contributed by atoms with Crippen LogP contribution in [-0.4, -0.2) is 29.9 Å². The Bertz CT molecular complexity index is 596. The van der Waals surface area contributed by atoms with Gasteiger partial charge in [0.25, 0.3) is 0 Å². The minimum Gasteiger partial charge on any atom is -0.362 e. The van der Waals surface area contributed by atoms with E-state index in [9.17, 15) is 4.79 Å². The van der Waals surface area contributed by atoms with Crippen LogP contribution >= 0.6 is 0 Å². The van der Waals surface area contributed by atoms with Crippen molar-refractivity contribution in [3.8, 4) is 0 Å². The van der Waals surface area contributed by atoms with Crippen LogP contribution < -0.4 is 4.90 Å². The first kappa shape index (κ1) is 17.1. The molecule has 0 bridgehead atoms. The molecule has 2 rings (SSSR count). The predicted molar refractivity (Wildman–Crippen MR) is 96.5 cm³/mol. The van der Waals surface area contributed by atoms with Crippen molar-refractivity contribution in [2.75, 3.05) is 18.0 Å². The molecule has 23 heavy (non-hydrogen) atoms. The van der Waals surface area contributed by atoms with E-state index < -0.39 is 0 Å². The van der Waals surface area contributed by atoms with Crippen LogP contribution in [0.5, 0.6) is 0 Å². The molecule has 0 aromatic heterocycles. The normalized spacial score (nSPS) is 10.6. The summed E-state index contributed by atoms with van der Waals surface area (Å²) in [5.41, 5.74) is 2.25. The van der Waals surface area contributed by atoms with Crippen LogP contribution in [0.2, 0.25) is 0 Å². The van der Waals surface area contributed by atoms with Crippen molar-refractivity contribution in [1.82, 2.24) is 4.90 Å². The monoisotopic (exact) mass is 310 g/mol. The van der Waals surface area contributed by atoms with Crippen LogP contribution in [0, 0.1) is 0 Å². The highest BCUT2D eigenvalue weighted by Crippen LogP contribution is 2.15. The minimum atomic E-state index is 0.162. The highest BCUT2D eigenvalue weighted by molar-refractivity contribution is 5.81. The molecule has 0 heterocycles. The molecule has 2 aromatic carbocycles. The molecular formula is C20H26N2O. The van der Waals surface area contributed by atoms with Crippen LogP contribution in [0.25, 0.3) is 0 Å². The molecule has 0 saturated carbocycles. The molecule has 0 radical (unpaired) electrons. The molecule has 0 aliphatic heterocycles. The van der Waals surface area contributed by atoms with E-state index in [1.807, 2.05) is 53.4 Å². The Kier molecular flexibility index (Phi) is 6.21. The summed E-state index contributed by atoms with van der Waals surface area (Å²) < 4.78 is 0. The number of likely N-dealkylation sites (N-methyl/N-ethyl adjacent to an activating group) is 1. The quantitative estimate of drug-likeness (QED) is 0.773. The lowest BCUT2D eigenvalue weighted by Gasteiger charge is -2.31. The lowest BCUT2D eigenvalue weighted by molar-refractivity contribution is -0.132. The third-order valence-corrected chi connectivity index (χ3v) is 3.97.